The van der Waals surface area contributed by atoms with Crippen LogP contribution in [0.3, 0.4) is 0 Å². The van der Waals surface area contributed by atoms with Crippen molar-refractivity contribution in [3.63, 3.8) is 0 Å². The molecule has 0 aliphatic carbocycles. The highest BCUT2D eigenvalue weighted by Crippen LogP contribution is 2.35. The Bertz CT molecular complexity index is 843. The van der Waals surface area contributed by atoms with Crippen LogP contribution in [0.15, 0.2) is 36.4 Å². The largest absolute Gasteiger partial charge is 0.334 e. The minimum Gasteiger partial charge on any atom is -0.334 e. The van der Waals surface area contributed by atoms with Crippen LogP contribution in [-0.2, 0) is 0 Å². The quantitative estimate of drug-likeness (QED) is 0.719. The summed E-state index contributed by atoms with van der Waals surface area (Å²) in [6, 6.07) is 12.4. The SMILES string of the molecule is CNCC1CCCN1C(=O)c1ccc(-c2nc3ccccc3s2)s1.Cl. The summed E-state index contributed by atoms with van der Waals surface area (Å²) in [5.74, 6) is 0.158. The number of benzene rings is 1. The Balaban J connectivity index is 0.00000182. The molecule has 1 amide bonds. The van der Waals surface area contributed by atoms with Gasteiger partial charge >= 0.3 is 0 Å². The summed E-state index contributed by atoms with van der Waals surface area (Å²) in [5.41, 5.74) is 1.02. The second-order valence-corrected chi connectivity index (χ2v) is 8.12. The zero-order valence-corrected chi connectivity index (χ0v) is 16.3. The van der Waals surface area contributed by atoms with Crippen LogP contribution in [0.1, 0.15) is 22.5 Å². The molecule has 4 nitrogen and oxygen atoms in total. The zero-order chi connectivity index (χ0) is 16.5. The molecule has 0 bridgehead atoms. The first-order valence-electron chi connectivity index (χ1n) is 8.17. The van der Waals surface area contributed by atoms with Gasteiger partial charge in [0.05, 0.1) is 20.0 Å². The van der Waals surface area contributed by atoms with Crippen molar-refractivity contribution in [3.8, 4) is 9.88 Å². The molecular weight excluding hydrogens is 374 g/mol. The average molecular weight is 394 g/mol. The Morgan fingerprint density at radius 2 is 2.12 bits per heavy atom. The second kappa shape index (κ2) is 7.83. The molecule has 1 aliphatic rings. The summed E-state index contributed by atoms with van der Waals surface area (Å²) in [5, 5.41) is 4.19. The number of hydrogen-bond acceptors (Lipinski definition) is 5. The lowest BCUT2D eigenvalue weighted by atomic mass is 10.2. The minimum atomic E-state index is 0. The molecule has 2 aromatic heterocycles. The normalized spacial score (nSPS) is 17.0. The number of thiazole rings is 1. The van der Waals surface area contributed by atoms with Crippen LogP contribution in [0, 0.1) is 0 Å². The Kier molecular flexibility index (Phi) is 5.74. The number of halogens is 1. The molecule has 1 saturated heterocycles. The molecule has 3 heterocycles. The summed E-state index contributed by atoms with van der Waals surface area (Å²) in [7, 11) is 1.94. The predicted molar refractivity (Wildman–Crippen MR) is 108 cm³/mol. The van der Waals surface area contributed by atoms with Crippen molar-refractivity contribution < 1.29 is 4.79 Å². The van der Waals surface area contributed by atoms with Gasteiger partial charge in [0.1, 0.15) is 5.01 Å². The van der Waals surface area contributed by atoms with Crippen molar-refractivity contribution in [2.75, 3.05) is 20.1 Å². The van der Waals surface area contributed by atoms with E-state index in [0.717, 1.165) is 46.2 Å². The van der Waals surface area contributed by atoms with E-state index in [2.05, 4.69) is 11.4 Å². The number of aromatic nitrogens is 1. The smallest absolute Gasteiger partial charge is 0.264 e. The summed E-state index contributed by atoms with van der Waals surface area (Å²) >= 11 is 3.23. The molecule has 1 aliphatic heterocycles. The lowest BCUT2D eigenvalue weighted by molar-refractivity contribution is 0.0742. The second-order valence-electron chi connectivity index (χ2n) is 6.00. The van der Waals surface area contributed by atoms with Crippen molar-refractivity contribution in [1.82, 2.24) is 15.2 Å². The Morgan fingerprint density at radius 3 is 2.92 bits per heavy atom. The number of carbonyl (C=O) groups excluding carboxylic acids is 1. The number of carbonyl (C=O) groups is 1. The van der Waals surface area contributed by atoms with Crippen LogP contribution in [0.4, 0.5) is 0 Å². The fourth-order valence-electron chi connectivity index (χ4n) is 3.24. The number of hydrogen-bond donors (Lipinski definition) is 1. The molecular formula is C18H20ClN3OS2. The van der Waals surface area contributed by atoms with E-state index in [4.69, 9.17) is 4.98 Å². The van der Waals surface area contributed by atoms with Crippen molar-refractivity contribution >= 4 is 51.2 Å². The molecule has 1 atom stereocenters. The number of amides is 1. The van der Waals surface area contributed by atoms with Crippen molar-refractivity contribution in [1.29, 1.82) is 0 Å². The Morgan fingerprint density at radius 1 is 1.28 bits per heavy atom. The average Bonchev–Trinajstić information content (AvgIpc) is 3.32. The van der Waals surface area contributed by atoms with E-state index in [0.29, 0.717) is 6.04 Å². The molecule has 4 rings (SSSR count). The number of thiophene rings is 1. The maximum Gasteiger partial charge on any atom is 0.264 e. The van der Waals surface area contributed by atoms with Crippen molar-refractivity contribution in [2.45, 2.75) is 18.9 Å². The molecule has 25 heavy (non-hydrogen) atoms. The van der Waals surface area contributed by atoms with Gasteiger partial charge in [-0.15, -0.1) is 35.1 Å². The third-order valence-electron chi connectivity index (χ3n) is 4.40. The summed E-state index contributed by atoms with van der Waals surface area (Å²) in [6.07, 6.45) is 2.18. The van der Waals surface area contributed by atoms with Gasteiger partial charge in [-0.05, 0) is 44.2 Å². The van der Waals surface area contributed by atoms with Crippen LogP contribution in [0.25, 0.3) is 20.1 Å². The van der Waals surface area contributed by atoms with Gasteiger partial charge in [0.2, 0.25) is 0 Å². The predicted octanol–water partition coefficient (Wildman–Crippen LogP) is 4.27. The van der Waals surface area contributed by atoms with E-state index >= 15 is 0 Å². The van der Waals surface area contributed by atoms with E-state index in [-0.39, 0.29) is 18.3 Å². The number of likely N-dealkylation sites (N-methyl/N-ethyl adjacent to an activating group) is 1. The van der Waals surface area contributed by atoms with Gasteiger partial charge in [0.15, 0.2) is 0 Å². The number of nitrogens with zero attached hydrogens (tertiary/aromatic N) is 2. The van der Waals surface area contributed by atoms with E-state index < -0.39 is 0 Å². The molecule has 3 aromatic rings. The topological polar surface area (TPSA) is 45.2 Å². The third-order valence-corrected chi connectivity index (χ3v) is 6.68. The fraction of sp³-hybridized carbons (Fsp3) is 0.333. The standard InChI is InChI=1S/C18H19N3OS2.ClH/c1-19-11-12-5-4-10-21(12)18(22)16-9-8-15(23-16)17-20-13-6-2-3-7-14(13)24-17;/h2-3,6-9,12,19H,4-5,10-11H2,1H3;1H. The molecule has 1 unspecified atom stereocenters. The highest BCUT2D eigenvalue weighted by molar-refractivity contribution is 7.26. The highest BCUT2D eigenvalue weighted by atomic mass is 35.5. The summed E-state index contributed by atoms with van der Waals surface area (Å²) < 4.78 is 1.18. The van der Waals surface area contributed by atoms with Crippen molar-refractivity contribution in [3.05, 3.63) is 41.3 Å². The van der Waals surface area contributed by atoms with Gasteiger partial charge in [0, 0.05) is 19.1 Å². The van der Waals surface area contributed by atoms with Gasteiger partial charge in [0.25, 0.3) is 5.91 Å². The number of nitrogens with one attached hydrogen (secondary N) is 1. The molecule has 0 saturated carbocycles. The number of fused-ring (bicyclic) bond motifs is 1. The maximum absolute atomic E-state index is 12.8. The minimum absolute atomic E-state index is 0. The lowest BCUT2D eigenvalue weighted by Gasteiger charge is -2.23. The van der Waals surface area contributed by atoms with E-state index in [9.17, 15) is 4.79 Å². The fourth-order valence-corrected chi connectivity index (χ4v) is 5.22. The lowest BCUT2D eigenvalue weighted by Crippen LogP contribution is -2.40. The van der Waals surface area contributed by atoms with Crippen LogP contribution >= 0.6 is 35.1 Å². The van der Waals surface area contributed by atoms with Gasteiger partial charge in [-0.3, -0.25) is 4.79 Å². The van der Waals surface area contributed by atoms with Gasteiger partial charge in [-0.1, -0.05) is 12.1 Å². The monoisotopic (exact) mass is 393 g/mol. The molecule has 7 heteroatoms. The molecule has 0 spiro atoms. The van der Waals surface area contributed by atoms with Gasteiger partial charge in [-0.25, -0.2) is 4.98 Å². The van der Waals surface area contributed by atoms with E-state index in [1.807, 2.05) is 42.3 Å². The van der Waals surface area contributed by atoms with E-state index in [1.165, 1.54) is 4.70 Å². The molecule has 132 valence electrons. The van der Waals surface area contributed by atoms with Crippen molar-refractivity contribution in [2.24, 2.45) is 0 Å². The zero-order valence-electron chi connectivity index (χ0n) is 13.9. The van der Waals surface area contributed by atoms with Gasteiger partial charge < -0.3 is 10.2 Å². The summed E-state index contributed by atoms with van der Waals surface area (Å²) in [4.78, 5) is 21.4. The molecule has 1 aromatic carbocycles. The van der Waals surface area contributed by atoms with Gasteiger partial charge in [-0.2, -0.15) is 0 Å². The highest BCUT2D eigenvalue weighted by Gasteiger charge is 2.29. The number of para-hydroxylation sites is 1. The van der Waals surface area contributed by atoms with E-state index in [1.54, 1.807) is 22.7 Å². The first-order chi connectivity index (χ1) is 11.8. The molecule has 1 fully saturated rings. The first-order valence-corrected chi connectivity index (χ1v) is 9.81. The third kappa shape index (κ3) is 3.58. The Labute approximate surface area is 161 Å². The molecule has 1 N–H and O–H groups in total. The van der Waals surface area contributed by atoms with Crippen LogP contribution < -0.4 is 5.32 Å². The first kappa shape index (κ1) is 18.3. The number of likely N-dealkylation sites (tertiary alicyclic amines) is 1. The number of rotatable bonds is 4. The van der Waals surface area contributed by atoms with Crippen LogP contribution in [0.2, 0.25) is 0 Å². The Hall–Kier alpha value is -1.47. The van der Waals surface area contributed by atoms with Crippen LogP contribution in [-0.4, -0.2) is 42.0 Å². The maximum atomic E-state index is 12.8. The molecule has 0 radical (unpaired) electrons. The van der Waals surface area contributed by atoms with Crippen LogP contribution in [0.5, 0.6) is 0 Å². The summed E-state index contributed by atoms with van der Waals surface area (Å²) in [6.45, 7) is 1.72.